The Bertz CT molecular complexity index is 934. The van der Waals surface area contributed by atoms with Crippen molar-refractivity contribution in [2.45, 2.75) is 84.2 Å². The minimum absolute atomic E-state index is 0.0420. The molecule has 0 amide bonds. The number of esters is 1. The Morgan fingerprint density at radius 2 is 1.71 bits per heavy atom. The molecule has 0 radical (unpaired) electrons. The van der Waals surface area contributed by atoms with E-state index in [9.17, 15) is 14.0 Å². The van der Waals surface area contributed by atoms with Gasteiger partial charge in [-0.05, 0) is 62.1 Å². The van der Waals surface area contributed by atoms with Crippen LogP contribution >= 0.6 is 0 Å². The molecule has 1 aromatic rings. The first kappa shape index (κ1) is 21.8. The fourth-order valence-electron chi connectivity index (χ4n) is 5.27. The van der Waals surface area contributed by atoms with E-state index in [-0.39, 0.29) is 29.1 Å². The van der Waals surface area contributed by atoms with Gasteiger partial charge in [-0.25, -0.2) is 9.18 Å². The molecule has 1 aromatic carbocycles. The van der Waals surface area contributed by atoms with Gasteiger partial charge in [-0.3, -0.25) is 4.79 Å². The van der Waals surface area contributed by atoms with Crippen LogP contribution in [0, 0.1) is 11.2 Å². The number of carbonyl (C=O) groups excluding carboxylic acids is 2. The van der Waals surface area contributed by atoms with Crippen LogP contribution in [0.3, 0.4) is 0 Å². The number of ether oxygens (including phenoxy) is 1. The lowest BCUT2D eigenvalue weighted by Gasteiger charge is -2.39. The van der Waals surface area contributed by atoms with Gasteiger partial charge in [-0.15, -0.1) is 0 Å². The van der Waals surface area contributed by atoms with Gasteiger partial charge in [0.05, 0.1) is 5.57 Å². The van der Waals surface area contributed by atoms with E-state index in [4.69, 9.17) is 4.74 Å². The third-order valence-corrected chi connectivity index (χ3v) is 6.74. The monoisotopic (exact) mass is 425 g/mol. The third kappa shape index (κ3) is 4.60. The highest BCUT2D eigenvalue weighted by Crippen LogP contribution is 2.47. The summed E-state index contributed by atoms with van der Waals surface area (Å²) in [4.78, 5) is 26.7. The first-order chi connectivity index (χ1) is 14.7. The summed E-state index contributed by atoms with van der Waals surface area (Å²) in [5, 5.41) is 3.36. The summed E-state index contributed by atoms with van der Waals surface area (Å²) in [7, 11) is 0. The van der Waals surface area contributed by atoms with Gasteiger partial charge in [-0.1, -0.05) is 38.8 Å². The summed E-state index contributed by atoms with van der Waals surface area (Å²) in [6, 6.07) is 6.13. The predicted octanol–water partition coefficient (Wildman–Crippen LogP) is 5.70. The number of hydrogen-bond acceptors (Lipinski definition) is 4. The van der Waals surface area contributed by atoms with Crippen molar-refractivity contribution in [2.24, 2.45) is 5.41 Å². The smallest absolute Gasteiger partial charge is 0.337 e. The van der Waals surface area contributed by atoms with Gasteiger partial charge in [0.25, 0.3) is 0 Å². The zero-order valence-electron chi connectivity index (χ0n) is 18.7. The number of dihydropyridines is 1. The highest BCUT2D eigenvalue weighted by atomic mass is 19.1. The molecular weight excluding hydrogens is 393 g/mol. The maximum atomic E-state index is 13.7. The maximum Gasteiger partial charge on any atom is 0.337 e. The third-order valence-electron chi connectivity index (χ3n) is 6.74. The normalized spacial score (nSPS) is 24.4. The van der Waals surface area contributed by atoms with Gasteiger partial charge in [-0.2, -0.15) is 0 Å². The standard InChI is InChI=1S/C26H32FNO3/c1-16-22(25(30)31-19-8-6-4-5-7-9-19)23(17-10-12-18(27)13-11-17)24-20(28-16)14-26(2,3)15-21(24)29/h10-13,19,23,28H,4-9,14-15H2,1-3H3/t23-/m1/s1. The average Bonchev–Trinajstić information content (AvgIpc) is 2.95. The molecule has 0 unspecified atom stereocenters. The lowest BCUT2D eigenvalue weighted by atomic mass is 9.68. The molecule has 166 valence electrons. The fraction of sp³-hybridized carbons (Fsp3) is 0.538. The summed E-state index contributed by atoms with van der Waals surface area (Å²) >= 11 is 0. The van der Waals surface area contributed by atoms with Crippen molar-refractivity contribution in [3.05, 3.63) is 58.2 Å². The second-order valence-electron chi connectivity index (χ2n) is 10.0. The molecule has 1 fully saturated rings. The van der Waals surface area contributed by atoms with Crippen molar-refractivity contribution < 1.29 is 18.7 Å². The van der Waals surface area contributed by atoms with Crippen molar-refractivity contribution in [1.82, 2.24) is 5.32 Å². The summed E-state index contributed by atoms with van der Waals surface area (Å²) in [5.41, 5.74) is 3.30. The molecule has 2 aliphatic carbocycles. The summed E-state index contributed by atoms with van der Waals surface area (Å²) < 4.78 is 19.6. The van der Waals surface area contributed by atoms with Crippen molar-refractivity contribution in [3.8, 4) is 0 Å². The topological polar surface area (TPSA) is 55.4 Å². The van der Waals surface area contributed by atoms with Crippen LogP contribution < -0.4 is 5.32 Å². The van der Waals surface area contributed by atoms with Crippen molar-refractivity contribution in [3.63, 3.8) is 0 Å². The predicted molar refractivity (Wildman–Crippen MR) is 118 cm³/mol. The van der Waals surface area contributed by atoms with Crippen LogP contribution in [0.1, 0.15) is 83.6 Å². The maximum absolute atomic E-state index is 13.7. The number of ketones is 1. The molecule has 4 nitrogen and oxygen atoms in total. The van der Waals surface area contributed by atoms with Crippen LogP contribution in [0.4, 0.5) is 4.39 Å². The molecule has 4 rings (SSSR count). The Hall–Kier alpha value is -2.43. The Morgan fingerprint density at radius 1 is 1.06 bits per heavy atom. The quantitative estimate of drug-likeness (QED) is 0.499. The second kappa shape index (κ2) is 8.60. The van der Waals surface area contributed by atoms with E-state index in [2.05, 4.69) is 19.2 Å². The Morgan fingerprint density at radius 3 is 2.35 bits per heavy atom. The van der Waals surface area contributed by atoms with E-state index in [0.717, 1.165) is 49.1 Å². The van der Waals surface area contributed by atoms with Crippen LogP contribution in [-0.4, -0.2) is 17.9 Å². The molecule has 1 atom stereocenters. The Labute approximate surface area is 183 Å². The van der Waals surface area contributed by atoms with E-state index >= 15 is 0 Å². The van der Waals surface area contributed by atoms with Crippen LogP contribution in [0.2, 0.25) is 0 Å². The van der Waals surface area contributed by atoms with Gasteiger partial charge < -0.3 is 10.1 Å². The zero-order valence-corrected chi connectivity index (χ0v) is 18.7. The molecule has 0 aromatic heterocycles. The van der Waals surface area contributed by atoms with E-state index < -0.39 is 5.92 Å². The van der Waals surface area contributed by atoms with Crippen LogP contribution in [0.15, 0.2) is 46.8 Å². The van der Waals surface area contributed by atoms with E-state index in [1.165, 1.54) is 25.0 Å². The number of nitrogens with one attached hydrogen (secondary N) is 1. The summed E-state index contributed by atoms with van der Waals surface area (Å²) in [5.74, 6) is -1.19. The van der Waals surface area contributed by atoms with Gasteiger partial charge in [0, 0.05) is 29.3 Å². The van der Waals surface area contributed by atoms with Crippen LogP contribution in [-0.2, 0) is 14.3 Å². The second-order valence-corrected chi connectivity index (χ2v) is 10.0. The minimum Gasteiger partial charge on any atom is -0.459 e. The highest BCUT2D eigenvalue weighted by Gasteiger charge is 2.43. The number of rotatable bonds is 3. The molecule has 31 heavy (non-hydrogen) atoms. The van der Waals surface area contributed by atoms with Gasteiger partial charge in [0.2, 0.25) is 0 Å². The van der Waals surface area contributed by atoms with E-state index in [1.807, 2.05) is 6.92 Å². The van der Waals surface area contributed by atoms with Gasteiger partial charge in [0.15, 0.2) is 5.78 Å². The molecule has 1 saturated carbocycles. The minimum atomic E-state index is -0.529. The molecule has 5 heteroatoms. The Kier molecular flexibility index (Phi) is 6.05. The number of halogens is 1. The molecule has 1 N–H and O–H groups in total. The lowest BCUT2D eigenvalue weighted by molar-refractivity contribution is -0.145. The first-order valence-electron chi connectivity index (χ1n) is 11.5. The first-order valence-corrected chi connectivity index (χ1v) is 11.5. The number of carbonyl (C=O) groups is 2. The van der Waals surface area contributed by atoms with Crippen molar-refractivity contribution in [2.75, 3.05) is 0 Å². The summed E-state index contributed by atoms with van der Waals surface area (Å²) in [6.07, 6.45) is 7.33. The largest absolute Gasteiger partial charge is 0.459 e. The van der Waals surface area contributed by atoms with Gasteiger partial charge >= 0.3 is 5.97 Å². The van der Waals surface area contributed by atoms with Crippen molar-refractivity contribution >= 4 is 11.8 Å². The van der Waals surface area contributed by atoms with Crippen molar-refractivity contribution in [1.29, 1.82) is 0 Å². The number of allylic oxidation sites excluding steroid dienone is 3. The van der Waals surface area contributed by atoms with Gasteiger partial charge in [0.1, 0.15) is 11.9 Å². The molecule has 1 heterocycles. The SMILES string of the molecule is CC1=C(C(=O)OC2CCCCCC2)[C@@H](c2ccc(F)cc2)C2=C(CC(C)(C)CC2=O)N1. The van der Waals surface area contributed by atoms with E-state index in [0.29, 0.717) is 17.6 Å². The average molecular weight is 426 g/mol. The van der Waals surface area contributed by atoms with Crippen LogP contribution in [0.25, 0.3) is 0 Å². The van der Waals surface area contributed by atoms with E-state index in [1.54, 1.807) is 12.1 Å². The fourth-order valence-corrected chi connectivity index (χ4v) is 5.27. The number of benzene rings is 1. The number of Topliss-reactive ketones (excluding diaryl/α,β-unsaturated/α-hetero) is 1. The lowest BCUT2D eigenvalue weighted by Crippen LogP contribution is -2.39. The molecule has 0 saturated heterocycles. The zero-order chi connectivity index (χ0) is 22.2. The molecule has 0 spiro atoms. The highest BCUT2D eigenvalue weighted by molar-refractivity contribution is 6.04. The number of hydrogen-bond donors (Lipinski definition) is 1. The molecule has 1 aliphatic heterocycles. The Balaban J connectivity index is 1.73. The van der Waals surface area contributed by atoms with Crippen LogP contribution in [0.5, 0.6) is 0 Å². The summed E-state index contributed by atoms with van der Waals surface area (Å²) in [6.45, 7) is 6.03. The molecule has 0 bridgehead atoms. The molecule has 3 aliphatic rings. The molecular formula is C26H32FNO3.